The predicted octanol–water partition coefficient (Wildman–Crippen LogP) is 2.42. The fraction of sp³-hybridized carbons (Fsp3) is 0.154. The number of halogens is 2. The van der Waals surface area contributed by atoms with Crippen LogP contribution in [0.4, 0.5) is 8.78 Å². The largest absolute Gasteiger partial charge is 0.481 e. The van der Waals surface area contributed by atoms with Crippen molar-refractivity contribution in [3.05, 3.63) is 59.3 Å². The zero-order valence-corrected chi connectivity index (χ0v) is 9.73. The van der Waals surface area contributed by atoms with Gasteiger partial charge in [0.2, 0.25) is 5.88 Å². The minimum Gasteiger partial charge on any atom is -0.481 e. The molecule has 0 aliphatic carbocycles. The highest BCUT2D eigenvalue weighted by molar-refractivity contribution is 5.37. The predicted molar refractivity (Wildman–Crippen MR) is 63.2 cm³/mol. The normalized spacial score (nSPS) is 12.2. The van der Waals surface area contributed by atoms with Crippen LogP contribution >= 0.6 is 0 Å². The Kier molecular flexibility index (Phi) is 3.53. The van der Waals surface area contributed by atoms with Gasteiger partial charge in [0.25, 0.3) is 0 Å². The standard InChI is InChI=1S/C13H12F2N2O/c1-18-13-9(3-2-6-17-13)12(16)8-4-5-10(14)11(15)7-8/h2-7,12H,16H2,1H3. The summed E-state index contributed by atoms with van der Waals surface area (Å²) in [4.78, 5) is 4.01. The second kappa shape index (κ2) is 5.10. The molecule has 2 rings (SSSR count). The average molecular weight is 250 g/mol. The summed E-state index contributed by atoms with van der Waals surface area (Å²) in [6.07, 6.45) is 1.57. The molecule has 0 radical (unpaired) electrons. The van der Waals surface area contributed by atoms with Gasteiger partial charge in [0.05, 0.1) is 13.2 Å². The molecule has 0 saturated carbocycles. The van der Waals surface area contributed by atoms with E-state index in [1.165, 1.54) is 13.2 Å². The molecule has 0 bridgehead atoms. The summed E-state index contributed by atoms with van der Waals surface area (Å²) >= 11 is 0. The van der Waals surface area contributed by atoms with Crippen LogP contribution in [0.25, 0.3) is 0 Å². The van der Waals surface area contributed by atoms with Gasteiger partial charge in [-0.25, -0.2) is 13.8 Å². The van der Waals surface area contributed by atoms with E-state index in [0.717, 1.165) is 12.1 Å². The molecular weight excluding hydrogens is 238 g/mol. The fourth-order valence-corrected chi connectivity index (χ4v) is 1.70. The van der Waals surface area contributed by atoms with Crippen molar-refractivity contribution in [3.63, 3.8) is 0 Å². The molecular formula is C13H12F2N2O. The van der Waals surface area contributed by atoms with E-state index < -0.39 is 17.7 Å². The molecule has 1 heterocycles. The van der Waals surface area contributed by atoms with Crippen molar-refractivity contribution in [2.24, 2.45) is 5.73 Å². The molecule has 1 unspecified atom stereocenters. The highest BCUT2D eigenvalue weighted by Gasteiger charge is 2.16. The lowest BCUT2D eigenvalue weighted by Crippen LogP contribution is -2.14. The van der Waals surface area contributed by atoms with Crippen molar-refractivity contribution in [2.45, 2.75) is 6.04 Å². The van der Waals surface area contributed by atoms with Crippen molar-refractivity contribution < 1.29 is 13.5 Å². The van der Waals surface area contributed by atoms with E-state index in [2.05, 4.69) is 4.98 Å². The molecule has 0 aliphatic rings. The lowest BCUT2D eigenvalue weighted by atomic mass is 10.0. The number of hydrogen-bond acceptors (Lipinski definition) is 3. The first-order chi connectivity index (χ1) is 8.63. The third-order valence-corrected chi connectivity index (χ3v) is 2.63. The Labute approximate surface area is 103 Å². The first-order valence-corrected chi connectivity index (χ1v) is 5.33. The van der Waals surface area contributed by atoms with Crippen molar-refractivity contribution >= 4 is 0 Å². The lowest BCUT2D eigenvalue weighted by molar-refractivity contribution is 0.390. The first kappa shape index (κ1) is 12.4. The van der Waals surface area contributed by atoms with Gasteiger partial charge in [0, 0.05) is 11.8 Å². The van der Waals surface area contributed by atoms with Gasteiger partial charge in [0.1, 0.15) is 0 Å². The number of ether oxygens (including phenoxy) is 1. The molecule has 1 aromatic heterocycles. The lowest BCUT2D eigenvalue weighted by Gasteiger charge is -2.15. The maximum atomic E-state index is 13.2. The molecule has 3 nitrogen and oxygen atoms in total. The Morgan fingerprint density at radius 1 is 1.22 bits per heavy atom. The van der Waals surface area contributed by atoms with Crippen molar-refractivity contribution in [1.82, 2.24) is 4.98 Å². The minimum atomic E-state index is -0.925. The highest BCUT2D eigenvalue weighted by atomic mass is 19.2. The van der Waals surface area contributed by atoms with Crippen LogP contribution in [0.5, 0.6) is 5.88 Å². The van der Waals surface area contributed by atoms with Gasteiger partial charge in [-0.2, -0.15) is 0 Å². The molecule has 0 fully saturated rings. The average Bonchev–Trinajstić information content (AvgIpc) is 2.41. The van der Waals surface area contributed by atoms with Crippen molar-refractivity contribution in [1.29, 1.82) is 0 Å². The third kappa shape index (κ3) is 2.31. The Morgan fingerprint density at radius 2 is 2.00 bits per heavy atom. The van der Waals surface area contributed by atoms with Gasteiger partial charge < -0.3 is 10.5 Å². The molecule has 0 saturated heterocycles. The van der Waals surface area contributed by atoms with E-state index >= 15 is 0 Å². The molecule has 2 N–H and O–H groups in total. The topological polar surface area (TPSA) is 48.1 Å². The summed E-state index contributed by atoms with van der Waals surface area (Å²) < 4.78 is 31.1. The summed E-state index contributed by atoms with van der Waals surface area (Å²) in [6, 6.07) is 6.38. The molecule has 2 aromatic rings. The van der Waals surface area contributed by atoms with Gasteiger partial charge in [-0.05, 0) is 23.8 Å². The van der Waals surface area contributed by atoms with Crippen LogP contribution in [0.2, 0.25) is 0 Å². The molecule has 0 amide bonds. The van der Waals surface area contributed by atoms with Gasteiger partial charge in [-0.15, -0.1) is 0 Å². The Balaban J connectivity index is 2.41. The van der Waals surface area contributed by atoms with E-state index in [1.54, 1.807) is 18.3 Å². The summed E-state index contributed by atoms with van der Waals surface area (Å²) in [6.45, 7) is 0. The van der Waals surface area contributed by atoms with Crippen molar-refractivity contribution in [2.75, 3.05) is 7.11 Å². The Morgan fingerprint density at radius 3 is 2.67 bits per heavy atom. The van der Waals surface area contributed by atoms with Crippen LogP contribution in [0, 0.1) is 11.6 Å². The van der Waals surface area contributed by atoms with E-state index in [0.29, 0.717) is 17.0 Å². The molecule has 0 aliphatic heterocycles. The zero-order valence-electron chi connectivity index (χ0n) is 9.73. The van der Waals surface area contributed by atoms with Crippen LogP contribution in [-0.2, 0) is 0 Å². The summed E-state index contributed by atoms with van der Waals surface area (Å²) in [5.74, 6) is -1.45. The number of nitrogens with zero attached hydrogens (tertiary/aromatic N) is 1. The smallest absolute Gasteiger partial charge is 0.218 e. The second-order valence-corrected chi connectivity index (χ2v) is 3.75. The maximum Gasteiger partial charge on any atom is 0.218 e. The van der Waals surface area contributed by atoms with E-state index in [4.69, 9.17) is 10.5 Å². The summed E-state index contributed by atoms with van der Waals surface area (Å²) in [5.41, 5.74) is 7.08. The number of benzene rings is 1. The van der Waals surface area contributed by atoms with E-state index in [-0.39, 0.29) is 0 Å². The molecule has 94 valence electrons. The number of methoxy groups -OCH3 is 1. The van der Waals surface area contributed by atoms with Crippen LogP contribution in [0.3, 0.4) is 0 Å². The first-order valence-electron chi connectivity index (χ1n) is 5.33. The summed E-state index contributed by atoms with van der Waals surface area (Å²) in [7, 11) is 1.48. The zero-order chi connectivity index (χ0) is 13.1. The highest BCUT2D eigenvalue weighted by Crippen LogP contribution is 2.26. The van der Waals surface area contributed by atoms with Gasteiger partial charge in [-0.1, -0.05) is 12.1 Å². The molecule has 1 atom stereocenters. The Bertz CT molecular complexity index is 560. The van der Waals surface area contributed by atoms with E-state index in [9.17, 15) is 8.78 Å². The number of aromatic nitrogens is 1. The van der Waals surface area contributed by atoms with Crippen molar-refractivity contribution in [3.8, 4) is 5.88 Å². The SMILES string of the molecule is COc1ncccc1C(N)c1ccc(F)c(F)c1. The number of pyridine rings is 1. The fourth-order valence-electron chi connectivity index (χ4n) is 1.70. The third-order valence-electron chi connectivity index (χ3n) is 2.63. The molecule has 0 spiro atoms. The van der Waals surface area contributed by atoms with Gasteiger partial charge in [-0.3, -0.25) is 0 Å². The van der Waals surface area contributed by atoms with Crippen LogP contribution in [-0.4, -0.2) is 12.1 Å². The molecule has 18 heavy (non-hydrogen) atoms. The monoisotopic (exact) mass is 250 g/mol. The van der Waals surface area contributed by atoms with Crippen LogP contribution in [0.15, 0.2) is 36.5 Å². The van der Waals surface area contributed by atoms with Crippen LogP contribution in [0.1, 0.15) is 17.2 Å². The number of nitrogens with two attached hydrogens (primary N) is 1. The minimum absolute atomic E-state index is 0.370. The van der Waals surface area contributed by atoms with Gasteiger partial charge in [0.15, 0.2) is 11.6 Å². The Hall–Kier alpha value is -2.01. The molecule has 5 heteroatoms. The van der Waals surface area contributed by atoms with Crippen LogP contribution < -0.4 is 10.5 Å². The van der Waals surface area contributed by atoms with E-state index in [1.807, 2.05) is 0 Å². The quantitative estimate of drug-likeness (QED) is 0.910. The second-order valence-electron chi connectivity index (χ2n) is 3.75. The number of hydrogen-bond donors (Lipinski definition) is 1. The maximum absolute atomic E-state index is 13.2. The molecule has 1 aromatic carbocycles. The number of rotatable bonds is 3. The summed E-state index contributed by atoms with van der Waals surface area (Å²) in [5, 5.41) is 0. The van der Waals surface area contributed by atoms with Gasteiger partial charge >= 0.3 is 0 Å².